The van der Waals surface area contributed by atoms with Crippen molar-refractivity contribution in [2.75, 3.05) is 0 Å². The first kappa shape index (κ1) is 12.1. The highest BCUT2D eigenvalue weighted by molar-refractivity contribution is 6.31. The van der Waals surface area contributed by atoms with E-state index < -0.39 is 0 Å². The van der Waals surface area contributed by atoms with Crippen LogP contribution in [0, 0.1) is 6.92 Å². The Morgan fingerprint density at radius 2 is 1.94 bits per heavy atom. The summed E-state index contributed by atoms with van der Waals surface area (Å²) in [6, 6.07) is 11.8. The molecule has 2 rings (SSSR count). The van der Waals surface area contributed by atoms with Gasteiger partial charge >= 0.3 is 0 Å². The topological polar surface area (TPSA) is 38.9 Å². The molecular formula is C14H15ClN2. The zero-order chi connectivity index (χ0) is 12.3. The molecule has 0 saturated carbocycles. The molecule has 1 atom stereocenters. The van der Waals surface area contributed by atoms with E-state index in [2.05, 4.69) is 36.2 Å². The predicted molar refractivity (Wildman–Crippen MR) is 71.1 cm³/mol. The predicted octanol–water partition coefficient (Wildman–Crippen LogP) is 3.29. The van der Waals surface area contributed by atoms with Gasteiger partial charge in [0.2, 0.25) is 0 Å². The van der Waals surface area contributed by atoms with E-state index in [1.165, 1.54) is 11.1 Å². The van der Waals surface area contributed by atoms with Gasteiger partial charge in [0, 0.05) is 6.20 Å². The third kappa shape index (κ3) is 3.05. The van der Waals surface area contributed by atoms with Crippen molar-refractivity contribution >= 4 is 11.6 Å². The van der Waals surface area contributed by atoms with Gasteiger partial charge in [0.1, 0.15) is 0 Å². The van der Waals surface area contributed by atoms with E-state index in [1.54, 1.807) is 6.20 Å². The summed E-state index contributed by atoms with van der Waals surface area (Å²) in [5, 5.41) is 0.632. The van der Waals surface area contributed by atoms with Gasteiger partial charge in [-0.2, -0.15) is 0 Å². The first-order valence-electron chi connectivity index (χ1n) is 5.58. The van der Waals surface area contributed by atoms with Crippen molar-refractivity contribution in [1.82, 2.24) is 4.98 Å². The molecule has 2 aromatic rings. The molecule has 1 heterocycles. The molecule has 0 bridgehead atoms. The van der Waals surface area contributed by atoms with E-state index in [0.717, 1.165) is 12.1 Å². The molecule has 0 spiro atoms. The van der Waals surface area contributed by atoms with Gasteiger partial charge in [-0.25, -0.2) is 0 Å². The molecule has 0 aliphatic heterocycles. The summed E-state index contributed by atoms with van der Waals surface area (Å²) >= 11 is 6.07. The molecule has 88 valence electrons. The van der Waals surface area contributed by atoms with Crippen LogP contribution in [0.2, 0.25) is 5.02 Å². The highest BCUT2D eigenvalue weighted by Crippen LogP contribution is 2.21. The van der Waals surface area contributed by atoms with Gasteiger partial charge in [-0.15, -0.1) is 0 Å². The SMILES string of the molecule is Cc1ccc(CC(N)c2ncccc2Cl)cc1. The highest BCUT2D eigenvalue weighted by atomic mass is 35.5. The Morgan fingerprint density at radius 3 is 2.59 bits per heavy atom. The van der Waals surface area contributed by atoms with E-state index in [-0.39, 0.29) is 6.04 Å². The van der Waals surface area contributed by atoms with Crippen LogP contribution in [0.3, 0.4) is 0 Å². The quantitative estimate of drug-likeness (QED) is 0.903. The average molecular weight is 247 g/mol. The molecule has 0 aliphatic rings. The van der Waals surface area contributed by atoms with Crippen LogP contribution in [0.15, 0.2) is 42.6 Å². The van der Waals surface area contributed by atoms with E-state index in [9.17, 15) is 0 Å². The summed E-state index contributed by atoms with van der Waals surface area (Å²) in [6.07, 6.45) is 2.47. The lowest BCUT2D eigenvalue weighted by Gasteiger charge is -2.12. The second-order valence-electron chi connectivity index (χ2n) is 4.17. The standard InChI is InChI=1S/C14H15ClN2/c1-10-4-6-11(7-5-10)9-13(16)14-12(15)3-2-8-17-14/h2-8,13H,9,16H2,1H3. The number of rotatable bonds is 3. The summed E-state index contributed by atoms with van der Waals surface area (Å²) in [4.78, 5) is 4.23. The Balaban J connectivity index is 2.14. The minimum absolute atomic E-state index is 0.161. The second-order valence-corrected chi connectivity index (χ2v) is 4.57. The number of pyridine rings is 1. The Labute approximate surface area is 106 Å². The van der Waals surface area contributed by atoms with Crippen LogP contribution in [0.5, 0.6) is 0 Å². The van der Waals surface area contributed by atoms with Gasteiger partial charge in [0.15, 0.2) is 0 Å². The van der Waals surface area contributed by atoms with Gasteiger partial charge < -0.3 is 5.73 Å². The van der Waals surface area contributed by atoms with Crippen molar-refractivity contribution in [3.8, 4) is 0 Å². The molecule has 3 heteroatoms. The van der Waals surface area contributed by atoms with E-state index in [1.807, 2.05) is 12.1 Å². The second kappa shape index (κ2) is 5.30. The van der Waals surface area contributed by atoms with Gasteiger partial charge in [-0.3, -0.25) is 4.98 Å². The first-order valence-corrected chi connectivity index (χ1v) is 5.96. The van der Waals surface area contributed by atoms with Crippen LogP contribution in [0.25, 0.3) is 0 Å². The molecule has 0 amide bonds. The number of aryl methyl sites for hydroxylation is 1. The molecule has 0 saturated heterocycles. The van der Waals surface area contributed by atoms with E-state index in [0.29, 0.717) is 5.02 Å². The van der Waals surface area contributed by atoms with Crippen molar-refractivity contribution in [1.29, 1.82) is 0 Å². The van der Waals surface area contributed by atoms with Crippen LogP contribution in [0.1, 0.15) is 22.9 Å². The van der Waals surface area contributed by atoms with Crippen LogP contribution in [0.4, 0.5) is 0 Å². The maximum atomic E-state index is 6.12. The lowest BCUT2D eigenvalue weighted by atomic mass is 10.0. The molecule has 0 radical (unpaired) electrons. The Morgan fingerprint density at radius 1 is 1.24 bits per heavy atom. The Kier molecular flexibility index (Phi) is 3.77. The monoisotopic (exact) mass is 246 g/mol. The number of hydrogen-bond acceptors (Lipinski definition) is 2. The number of halogens is 1. The molecule has 0 fully saturated rings. The van der Waals surface area contributed by atoms with Crippen LogP contribution >= 0.6 is 11.6 Å². The fourth-order valence-corrected chi connectivity index (χ4v) is 2.01. The maximum absolute atomic E-state index is 6.12. The van der Waals surface area contributed by atoms with Gasteiger partial charge in [-0.1, -0.05) is 41.4 Å². The van der Waals surface area contributed by atoms with Crippen molar-refractivity contribution in [2.45, 2.75) is 19.4 Å². The number of nitrogens with two attached hydrogens (primary N) is 1. The van der Waals surface area contributed by atoms with E-state index in [4.69, 9.17) is 17.3 Å². The first-order chi connectivity index (χ1) is 8.16. The molecule has 1 aromatic carbocycles. The lowest BCUT2D eigenvalue weighted by molar-refractivity contribution is 0.696. The smallest absolute Gasteiger partial charge is 0.0760 e. The van der Waals surface area contributed by atoms with Crippen molar-refractivity contribution in [3.05, 3.63) is 64.4 Å². The molecule has 0 aliphatic carbocycles. The molecule has 2 nitrogen and oxygen atoms in total. The largest absolute Gasteiger partial charge is 0.322 e. The summed E-state index contributed by atoms with van der Waals surface area (Å²) in [7, 11) is 0. The summed E-state index contributed by atoms with van der Waals surface area (Å²) < 4.78 is 0. The summed E-state index contributed by atoms with van der Waals surface area (Å²) in [5.41, 5.74) is 9.33. The van der Waals surface area contributed by atoms with Crippen LogP contribution in [-0.2, 0) is 6.42 Å². The van der Waals surface area contributed by atoms with Crippen LogP contribution < -0.4 is 5.73 Å². The normalized spacial score (nSPS) is 12.4. The van der Waals surface area contributed by atoms with Gasteiger partial charge in [0.25, 0.3) is 0 Å². The molecule has 2 N–H and O–H groups in total. The maximum Gasteiger partial charge on any atom is 0.0760 e. The average Bonchev–Trinajstić information content (AvgIpc) is 2.32. The lowest BCUT2D eigenvalue weighted by Crippen LogP contribution is -2.15. The van der Waals surface area contributed by atoms with Crippen molar-refractivity contribution in [2.24, 2.45) is 5.73 Å². The van der Waals surface area contributed by atoms with Gasteiger partial charge in [-0.05, 0) is 31.0 Å². The molecule has 1 aromatic heterocycles. The van der Waals surface area contributed by atoms with Crippen molar-refractivity contribution in [3.63, 3.8) is 0 Å². The Hall–Kier alpha value is -1.38. The number of aromatic nitrogens is 1. The molecule has 1 unspecified atom stereocenters. The minimum atomic E-state index is -0.161. The highest BCUT2D eigenvalue weighted by Gasteiger charge is 2.11. The molecular weight excluding hydrogens is 232 g/mol. The Bertz CT molecular complexity index is 494. The third-order valence-corrected chi connectivity index (χ3v) is 3.03. The fourth-order valence-electron chi connectivity index (χ4n) is 1.75. The van der Waals surface area contributed by atoms with E-state index >= 15 is 0 Å². The summed E-state index contributed by atoms with van der Waals surface area (Å²) in [5.74, 6) is 0. The zero-order valence-corrected chi connectivity index (χ0v) is 10.5. The molecule has 17 heavy (non-hydrogen) atoms. The van der Waals surface area contributed by atoms with Crippen molar-refractivity contribution < 1.29 is 0 Å². The number of nitrogens with zero attached hydrogens (tertiary/aromatic N) is 1. The zero-order valence-electron chi connectivity index (χ0n) is 9.73. The van der Waals surface area contributed by atoms with Gasteiger partial charge in [0.05, 0.1) is 16.8 Å². The van der Waals surface area contributed by atoms with Crippen LogP contribution in [-0.4, -0.2) is 4.98 Å². The summed E-state index contributed by atoms with van der Waals surface area (Å²) in [6.45, 7) is 2.07. The number of benzene rings is 1. The third-order valence-electron chi connectivity index (χ3n) is 2.71. The fraction of sp³-hybridized carbons (Fsp3) is 0.214. The number of hydrogen-bond donors (Lipinski definition) is 1. The minimum Gasteiger partial charge on any atom is -0.322 e.